The fraction of sp³-hybridized carbons (Fsp3) is 0.286. The minimum Gasteiger partial charge on any atom is -0.494 e. The van der Waals surface area contributed by atoms with Crippen molar-refractivity contribution < 1.29 is 9.53 Å². The van der Waals surface area contributed by atoms with Crippen molar-refractivity contribution in [3.8, 4) is 5.75 Å². The van der Waals surface area contributed by atoms with E-state index in [0.29, 0.717) is 16.6 Å². The van der Waals surface area contributed by atoms with Gasteiger partial charge >= 0.3 is 0 Å². The van der Waals surface area contributed by atoms with E-state index in [1.807, 2.05) is 6.92 Å². The molecule has 1 heterocycles. The molecule has 21 heavy (non-hydrogen) atoms. The quantitative estimate of drug-likeness (QED) is 0.898. The zero-order valence-electron chi connectivity index (χ0n) is 11.6. The number of ether oxygens (including phenoxy) is 1. The molecule has 4 nitrogen and oxygen atoms in total. The average Bonchev–Trinajstić information content (AvgIpc) is 2.86. The third-order valence-corrected chi connectivity index (χ3v) is 4.58. The second-order valence-electron chi connectivity index (χ2n) is 4.30. The number of benzene rings is 1. The van der Waals surface area contributed by atoms with Gasteiger partial charge in [-0.2, -0.15) is 0 Å². The van der Waals surface area contributed by atoms with Crippen molar-refractivity contribution in [3.63, 3.8) is 0 Å². The third kappa shape index (κ3) is 3.67. The van der Waals surface area contributed by atoms with E-state index in [4.69, 9.17) is 27.9 Å². The van der Waals surface area contributed by atoms with Crippen LogP contribution in [0, 0.1) is 6.92 Å². The Bertz CT molecular complexity index is 658. The molecule has 0 radical (unpaired) electrons. The van der Waals surface area contributed by atoms with Crippen LogP contribution in [0.4, 0.5) is 0 Å². The topological polar surface area (TPSA) is 51.2 Å². The highest BCUT2D eigenvalue weighted by Crippen LogP contribution is 2.33. The number of aromatic nitrogens is 1. The van der Waals surface area contributed by atoms with Gasteiger partial charge in [-0.15, -0.1) is 11.3 Å². The molecule has 2 rings (SSSR count). The van der Waals surface area contributed by atoms with E-state index in [2.05, 4.69) is 10.3 Å². The van der Waals surface area contributed by atoms with E-state index in [-0.39, 0.29) is 17.2 Å². The molecule has 1 amide bonds. The minimum atomic E-state index is -0.304. The monoisotopic (exact) mass is 344 g/mol. The number of thiazole rings is 1. The molecule has 1 aromatic heterocycles. The van der Waals surface area contributed by atoms with Crippen LogP contribution < -0.4 is 10.1 Å². The molecular weight excluding hydrogens is 331 g/mol. The van der Waals surface area contributed by atoms with Gasteiger partial charge in [-0.3, -0.25) is 4.79 Å². The van der Waals surface area contributed by atoms with Crippen LogP contribution in [0.5, 0.6) is 5.75 Å². The summed E-state index contributed by atoms with van der Waals surface area (Å²) >= 11 is 13.7. The maximum absolute atomic E-state index is 12.3. The number of aryl methyl sites for hydroxylation is 1. The fourth-order valence-corrected chi connectivity index (χ4v) is 3.14. The molecule has 2 aromatic rings. The molecule has 0 spiro atoms. The normalized spacial score (nSPS) is 10.5. The molecule has 0 fully saturated rings. The lowest BCUT2D eigenvalue weighted by Crippen LogP contribution is -2.26. The van der Waals surface area contributed by atoms with Crippen LogP contribution >= 0.6 is 34.5 Å². The van der Waals surface area contributed by atoms with E-state index < -0.39 is 0 Å². The molecular formula is C14H14Cl2N2O2S. The summed E-state index contributed by atoms with van der Waals surface area (Å²) in [4.78, 5) is 17.6. The zero-order chi connectivity index (χ0) is 15.4. The first-order valence-corrected chi connectivity index (χ1v) is 7.87. The lowest BCUT2D eigenvalue weighted by atomic mass is 10.1. The Morgan fingerprint density at radius 3 is 2.71 bits per heavy atom. The van der Waals surface area contributed by atoms with Gasteiger partial charge in [-0.05, 0) is 19.1 Å². The maximum Gasteiger partial charge on any atom is 0.256 e. The molecule has 7 heteroatoms. The number of amides is 1. The SMILES string of the molecule is COc1c(Cl)ccc(Cl)c1C(=O)NCCc1scnc1C. The van der Waals surface area contributed by atoms with Crippen LogP contribution in [-0.4, -0.2) is 24.5 Å². The van der Waals surface area contributed by atoms with Crippen LogP contribution in [0.15, 0.2) is 17.6 Å². The molecule has 0 bridgehead atoms. The minimum absolute atomic E-state index is 0.257. The number of hydrogen-bond donors (Lipinski definition) is 1. The molecule has 1 aromatic carbocycles. The van der Waals surface area contributed by atoms with E-state index in [1.165, 1.54) is 7.11 Å². The predicted octanol–water partition coefficient (Wildman–Crippen LogP) is 3.74. The van der Waals surface area contributed by atoms with Crippen molar-refractivity contribution in [3.05, 3.63) is 43.8 Å². The molecule has 0 atom stereocenters. The van der Waals surface area contributed by atoms with Gasteiger partial charge in [0.1, 0.15) is 5.56 Å². The van der Waals surface area contributed by atoms with Crippen LogP contribution in [-0.2, 0) is 6.42 Å². The summed E-state index contributed by atoms with van der Waals surface area (Å²) in [5.74, 6) is -0.0165. The van der Waals surface area contributed by atoms with Gasteiger partial charge in [-0.1, -0.05) is 23.2 Å². The summed E-state index contributed by atoms with van der Waals surface area (Å²) in [6, 6.07) is 3.18. The van der Waals surface area contributed by atoms with Gasteiger partial charge in [0, 0.05) is 17.8 Å². The van der Waals surface area contributed by atoms with Crippen LogP contribution in [0.25, 0.3) is 0 Å². The second-order valence-corrected chi connectivity index (χ2v) is 6.06. The highest BCUT2D eigenvalue weighted by molar-refractivity contribution is 7.09. The Labute approximate surface area is 137 Å². The number of methoxy groups -OCH3 is 1. The Morgan fingerprint density at radius 2 is 2.10 bits per heavy atom. The number of carbonyl (C=O) groups excluding carboxylic acids is 1. The van der Waals surface area contributed by atoms with Crippen molar-refractivity contribution in [1.82, 2.24) is 10.3 Å². The van der Waals surface area contributed by atoms with Gasteiger partial charge in [0.2, 0.25) is 0 Å². The van der Waals surface area contributed by atoms with E-state index >= 15 is 0 Å². The first kappa shape index (κ1) is 16.1. The van der Waals surface area contributed by atoms with Crippen molar-refractivity contribution in [2.24, 2.45) is 0 Å². The Morgan fingerprint density at radius 1 is 1.38 bits per heavy atom. The number of hydrogen-bond acceptors (Lipinski definition) is 4. The zero-order valence-corrected chi connectivity index (χ0v) is 13.9. The maximum atomic E-state index is 12.3. The van der Waals surface area contributed by atoms with Gasteiger partial charge in [-0.25, -0.2) is 4.98 Å². The molecule has 0 unspecified atom stereocenters. The van der Waals surface area contributed by atoms with Gasteiger partial charge in [0.25, 0.3) is 5.91 Å². The number of carbonyl (C=O) groups is 1. The highest BCUT2D eigenvalue weighted by atomic mass is 35.5. The number of rotatable bonds is 5. The van der Waals surface area contributed by atoms with Gasteiger partial charge < -0.3 is 10.1 Å². The number of nitrogens with one attached hydrogen (secondary N) is 1. The van der Waals surface area contributed by atoms with Crippen LogP contribution in [0.3, 0.4) is 0 Å². The van der Waals surface area contributed by atoms with Gasteiger partial charge in [0.15, 0.2) is 5.75 Å². The van der Waals surface area contributed by atoms with Crippen LogP contribution in [0.2, 0.25) is 10.0 Å². The van der Waals surface area contributed by atoms with Crippen molar-refractivity contribution >= 4 is 40.4 Å². The number of halogens is 2. The smallest absolute Gasteiger partial charge is 0.256 e. The third-order valence-electron chi connectivity index (χ3n) is 2.97. The largest absolute Gasteiger partial charge is 0.494 e. The molecule has 0 saturated carbocycles. The summed E-state index contributed by atoms with van der Waals surface area (Å²) in [5.41, 5.74) is 3.05. The van der Waals surface area contributed by atoms with Crippen LogP contribution in [0.1, 0.15) is 20.9 Å². The molecule has 0 saturated heterocycles. The Balaban J connectivity index is 2.07. The van der Waals surface area contributed by atoms with Crippen molar-refractivity contribution in [2.45, 2.75) is 13.3 Å². The Kier molecular flexibility index (Phi) is 5.45. The van der Waals surface area contributed by atoms with E-state index in [9.17, 15) is 4.79 Å². The first-order valence-electron chi connectivity index (χ1n) is 6.23. The molecule has 112 valence electrons. The highest BCUT2D eigenvalue weighted by Gasteiger charge is 2.19. The fourth-order valence-electron chi connectivity index (χ4n) is 1.89. The van der Waals surface area contributed by atoms with Crippen molar-refractivity contribution in [2.75, 3.05) is 13.7 Å². The predicted molar refractivity (Wildman–Crippen MR) is 85.9 cm³/mol. The average molecular weight is 345 g/mol. The number of nitrogens with zero attached hydrogens (tertiary/aromatic N) is 1. The van der Waals surface area contributed by atoms with E-state index in [1.54, 1.807) is 29.0 Å². The lowest BCUT2D eigenvalue weighted by molar-refractivity contribution is 0.0951. The summed E-state index contributed by atoms with van der Waals surface area (Å²) in [6.07, 6.45) is 0.725. The molecule has 0 aliphatic carbocycles. The summed E-state index contributed by atoms with van der Waals surface area (Å²) in [5, 5.41) is 3.48. The molecule has 0 aliphatic heterocycles. The molecule has 1 N–H and O–H groups in total. The summed E-state index contributed by atoms with van der Waals surface area (Å²) in [7, 11) is 1.45. The summed E-state index contributed by atoms with van der Waals surface area (Å²) < 4.78 is 5.16. The summed E-state index contributed by atoms with van der Waals surface area (Å²) in [6.45, 7) is 2.44. The Hall–Kier alpha value is -1.30. The second kappa shape index (κ2) is 7.11. The van der Waals surface area contributed by atoms with Crippen molar-refractivity contribution in [1.29, 1.82) is 0 Å². The van der Waals surface area contributed by atoms with Gasteiger partial charge in [0.05, 0.1) is 28.4 Å². The van der Waals surface area contributed by atoms with E-state index in [0.717, 1.165) is 17.0 Å². The lowest BCUT2D eigenvalue weighted by Gasteiger charge is -2.12. The standard InChI is InChI=1S/C14H14Cl2N2O2S/c1-8-11(21-7-18-8)5-6-17-14(19)12-9(15)3-4-10(16)13(12)20-2/h3-4,7H,5-6H2,1-2H3,(H,17,19). The first-order chi connectivity index (χ1) is 10.0. The molecule has 0 aliphatic rings.